The minimum atomic E-state index is 0.691. The molecular formula is C24H25N3. The summed E-state index contributed by atoms with van der Waals surface area (Å²) in [6.45, 7) is 6.19. The first-order chi connectivity index (χ1) is 13.2. The standard InChI is InChI=1S/C24H25N3/c1-4-5-6-7-8-9-22-25-23(20-14-10-18(2)11-15-20)27-24(26-22)21-16-12-19(3)13-17-21/h4-5,8-17H,6-7H2,1-3H3/b5-4-,9-8+. The lowest BCUT2D eigenvalue weighted by Gasteiger charge is -2.07. The van der Waals surface area contributed by atoms with E-state index in [-0.39, 0.29) is 0 Å². The van der Waals surface area contributed by atoms with Crippen molar-refractivity contribution in [3.63, 3.8) is 0 Å². The molecule has 27 heavy (non-hydrogen) atoms. The molecule has 3 aromatic rings. The van der Waals surface area contributed by atoms with E-state index in [1.54, 1.807) is 0 Å². The number of nitrogens with zero attached hydrogens (tertiary/aromatic N) is 3. The van der Waals surface area contributed by atoms with Crippen LogP contribution in [0.5, 0.6) is 0 Å². The number of unbranched alkanes of at least 4 members (excludes halogenated alkanes) is 1. The average Bonchev–Trinajstić information content (AvgIpc) is 2.69. The van der Waals surface area contributed by atoms with Crippen LogP contribution in [0.4, 0.5) is 0 Å². The van der Waals surface area contributed by atoms with Gasteiger partial charge in [-0.15, -0.1) is 0 Å². The summed E-state index contributed by atoms with van der Waals surface area (Å²) in [4.78, 5) is 14.1. The first-order valence-electron chi connectivity index (χ1n) is 9.33. The highest BCUT2D eigenvalue weighted by Crippen LogP contribution is 2.21. The molecule has 0 aliphatic carbocycles. The van der Waals surface area contributed by atoms with E-state index in [1.165, 1.54) is 11.1 Å². The molecule has 0 aliphatic heterocycles. The summed E-state index contributed by atoms with van der Waals surface area (Å²) in [6.07, 6.45) is 10.3. The molecule has 0 aliphatic rings. The predicted octanol–water partition coefficient (Wildman–Crippen LogP) is 6.19. The Morgan fingerprint density at radius 1 is 0.667 bits per heavy atom. The first kappa shape index (κ1) is 18.7. The van der Waals surface area contributed by atoms with Gasteiger partial charge >= 0.3 is 0 Å². The lowest BCUT2D eigenvalue weighted by Crippen LogP contribution is -2.00. The van der Waals surface area contributed by atoms with Crippen LogP contribution in [0.3, 0.4) is 0 Å². The second-order valence-electron chi connectivity index (χ2n) is 6.62. The van der Waals surface area contributed by atoms with Gasteiger partial charge in [-0.05, 0) is 39.7 Å². The Hall–Kier alpha value is -3.07. The maximum Gasteiger partial charge on any atom is 0.164 e. The largest absolute Gasteiger partial charge is 0.209 e. The molecule has 0 amide bonds. The van der Waals surface area contributed by atoms with Crippen molar-refractivity contribution < 1.29 is 0 Å². The second kappa shape index (κ2) is 9.04. The zero-order valence-electron chi connectivity index (χ0n) is 16.2. The molecule has 3 nitrogen and oxygen atoms in total. The van der Waals surface area contributed by atoms with Crippen molar-refractivity contribution in [1.29, 1.82) is 0 Å². The van der Waals surface area contributed by atoms with Crippen LogP contribution in [0.25, 0.3) is 28.9 Å². The predicted molar refractivity (Wildman–Crippen MR) is 113 cm³/mol. The highest BCUT2D eigenvalue weighted by molar-refractivity contribution is 5.63. The number of aryl methyl sites for hydroxylation is 2. The molecule has 0 radical (unpaired) electrons. The normalized spacial score (nSPS) is 11.5. The maximum atomic E-state index is 4.72. The number of rotatable bonds is 6. The molecular weight excluding hydrogens is 330 g/mol. The molecule has 0 unspecified atom stereocenters. The van der Waals surface area contributed by atoms with Gasteiger partial charge in [-0.1, -0.05) is 77.9 Å². The van der Waals surface area contributed by atoms with Crippen molar-refractivity contribution >= 4 is 6.08 Å². The number of hydrogen-bond acceptors (Lipinski definition) is 3. The van der Waals surface area contributed by atoms with Crippen molar-refractivity contribution in [2.24, 2.45) is 0 Å². The van der Waals surface area contributed by atoms with Gasteiger partial charge in [0.05, 0.1) is 0 Å². The van der Waals surface area contributed by atoms with E-state index in [9.17, 15) is 0 Å². The molecule has 3 rings (SSSR count). The Morgan fingerprint density at radius 3 is 1.63 bits per heavy atom. The SMILES string of the molecule is C/C=C\CC/C=C/c1nc(-c2ccc(C)cc2)nc(-c2ccc(C)cc2)n1. The van der Waals surface area contributed by atoms with Crippen LogP contribution in [-0.2, 0) is 0 Å². The van der Waals surface area contributed by atoms with E-state index in [4.69, 9.17) is 4.98 Å². The molecule has 136 valence electrons. The van der Waals surface area contributed by atoms with Crippen LogP contribution >= 0.6 is 0 Å². The van der Waals surface area contributed by atoms with Crippen LogP contribution in [0.2, 0.25) is 0 Å². The summed E-state index contributed by atoms with van der Waals surface area (Å²) < 4.78 is 0. The fourth-order valence-electron chi connectivity index (χ4n) is 2.68. The third-order valence-electron chi connectivity index (χ3n) is 4.27. The van der Waals surface area contributed by atoms with Crippen molar-refractivity contribution in [3.8, 4) is 22.8 Å². The number of aromatic nitrogens is 3. The van der Waals surface area contributed by atoms with Gasteiger partial charge in [0.15, 0.2) is 17.5 Å². The van der Waals surface area contributed by atoms with Gasteiger partial charge in [-0.25, -0.2) is 15.0 Å². The number of benzene rings is 2. The van der Waals surface area contributed by atoms with Crippen molar-refractivity contribution in [2.45, 2.75) is 33.6 Å². The summed E-state index contributed by atoms with van der Waals surface area (Å²) in [6, 6.07) is 16.6. The summed E-state index contributed by atoms with van der Waals surface area (Å²) in [7, 11) is 0. The molecule has 0 saturated heterocycles. The lowest BCUT2D eigenvalue weighted by atomic mass is 10.1. The minimum Gasteiger partial charge on any atom is -0.209 e. The molecule has 3 heteroatoms. The Bertz CT molecular complexity index is 873. The van der Waals surface area contributed by atoms with Gasteiger partial charge in [0.1, 0.15) is 0 Å². The monoisotopic (exact) mass is 355 g/mol. The number of allylic oxidation sites excluding steroid dienone is 3. The van der Waals surface area contributed by atoms with Gasteiger partial charge < -0.3 is 0 Å². The lowest BCUT2D eigenvalue weighted by molar-refractivity contribution is 1.03. The molecule has 0 saturated carbocycles. The first-order valence-corrected chi connectivity index (χ1v) is 9.33. The Labute approximate surface area is 161 Å². The van der Waals surface area contributed by atoms with E-state index >= 15 is 0 Å². The fraction of sp³-hybridized carbons (Fsp3) is 0.208. The number of hydrogen-bond donors (Lipinski definition) is 0. The van der Waals surface area contributed by atoms with Gasteiger partial charge in [0, 0.05) is 11.1 Å². The minimum absolute atomic E-state index is 0.691. The molecule has 0 N–H and O–H groups in total. The Balaban J connectivity index is 1.99. The van der Waals surface area contributed by atoms with Gasteiger partial charge in [0.25, 0.3) is 0 Å². The summed E-state index contributed by atoms with van der Waals surface area (Å²) >= 11 is 0. The smallest absolute Gasteiger partial charge is 0.164 e. The van der Waals surface area contributed by atoms with Crippen LogP contribution in [0.15, 0.2) is 66.8 Å². The molecule has 1 heterocycles. The fourth-order valence-corrected chi connectivity index (χ4v) is 2.68. The summed E-state index contributed by atoms with van der Waals surface area (Å²) in [5.41, 5.74) is 4.44. The van der Waals surface area contributed by atoms with E-state index in [1.807, 2.05) is 13.0 Å². The Kier molecular flexibility index (Phi) is 6.26. The third kappa shape index (κ3) is 5.20. The zero-order chi connectivity index (χ0) is 19.1. The van der Waals surface area contributed by atoms with Gasteiger partial charge in [0.2, 0.25) is 0 Å². The van der Waals surface area contributed by atoms with E-state index in [2.05, 4.69) is 90.6 Å². The van der Waals surface area contributed by atoms with E-state index in [0.717, 1.165) is 24.0 Å². The summed E-state index contributed by atoms with van der Waals surface area (Å²) in [5.74, 6) is 2.10. The third-order valence-corrected chi connectivity index (χ3v) is 4.27. The molecule has 1 aromatic heterocycles. The quantitative estimate of drug-likeness (QED) is 0.391. The Morgan fingerprint density at radius 2 is 1.15 bits per heavy atom. The van der Waals surface area contributed by atoms with Gasteiger partial charge in [-0.2, -0.15) is 0 Å². The van der Waals surface area contributed by atoms with Crippen molar-refractivity contribution in [1.82, 2.24) is 15.0 Å². The molecule has 0 bridgehead atoms. The molecule has 2 aromatic carbocycles. The molecule has 0 fully saturated rings. The van der Waals surface area contributed by atoms with Crippen molar-refractivity contribution in [2.75, 3.05) is 0 Å². The second-order valence-corrected chi connectivity index (χ2v) is 6.62. The maximum absolute atomic E-state index is 4.72. The topological polar surface area (TPSA) is 38.7 Å². The highest BCUT2D eigenvalue weighted by Gasteiger charge is 2.09. The summed E-state index contributed by atoms with van der Waals surface area (Å²) in [5, 5.41) is 0. The van der Waals surface area contributed by atoms with Crippen LogP contribution in [0.1, 0.15) is 36.7 Å². The molecule has 0 atom stereocenters. The van der Waals surface area contributed by atoms with E-state index < -0.39 is 0 Å². The van der Waals surface area contributed by atoms with E-state index in [0.29, 0.717) is 17.5 Å². The van der Waals surface area contributed by atoms with Crippen molar-refractivity contribution in [3.05, 3.63) is 83.7 Å². The average molecular weight is 355 g/mol. The van der Waals surface area contributed by atoms with Gasteiger partial charge in [-0.3, -0.25) is 0 Å². The van der Waals surface area contributed by atoms with Crippen LogP contribution < -0.4 is 0 Å². The zero-order valence-corrected chi connectivity index (χ0v) is 16.2. The van der Waals surface area contributed by atoms with Crippen LogP contribution in [-0.4, -0.2) is 15.0 Å². The van der Waals surface area contributed by atoms with Crippen LogP contribution in [0, 0.1) is 13.8 Å². The highest BCUT2D eigenvalue weighted by atomic mass is 15.0. The molecule has 0 spiro atoms.